The number of carbonyl (C=O) groups is 1. The molecule has 5 nitrogen and oxygen atoms in total. The van der Waals surface area contributed by atoms with Gasteiger partial charge in [-0.1, -0.05) is 0 Å². The summed E-state index contributed by atoms with van der Waals surface area (Å²) in [5.41, 5.74) is 0. The lowest BCUT2D eigenvalue weighted by Crippen LogP contribution is -2.43. The Morgan fingerprint density at radius 3 is 2.67 bits per heavy atom. The van der Waals surface area contributed by atoms with Gasteiger partial charge in [-0.2, -0.15) is 0 Å². The van der Waals surface area contributed by atoms with E-state index in [1.54, 1.807) is 6.92 Å². The van der Waals surface area contributed by atoms with Gasteiger partial charge in [0.2, 0.25) is 10.0 Å². The highest BCUT2D eigenvalue weighted by Crippen LogP contribution is 2.32. The molecule has 1 atom stereocenters. The maximum atomic E-state index is 12.1. The summed E-state index contributed by atoms with van der Waals surface area (Å²) in [6.07, 6.45) is 3.52. The van der Waals surface area contributed by atoms with Gasteiger partial charge in [-0.05, 0) is 38.5 Å². The minimum atomic E-state index is -3.18. The summed E-state index contributed by atoms with van der Waals surface area (Å²) in [5.74, 6) is 0.0530. The molecule has 18 heavy (non-hydrogen) atoms. The summed E-state index contributed by atoms with van der Waals surface area (Å²) in [6, 6.07) is 0. The average Bonchev–Trinajstić information content (AvgIpc) is 3.13. The average molecular weight is 275 g/mol. The first-order valence-corrected chi connectivity index (χ1v) is 8.28. The molecule has 2 rings (SSSR count). The van der Waals surface area contributed by atoms with Crippen LogP contribution in [0.3, 0.4) is 0 Å². The number of ether oxygens (including phenoxy) is 1. The van der Waals surface area contributed by atoms with Crippen LogP contribution < -0.4 is 0 Å². The van der Waals surface area contributed by atoms with Gasteiger partial charge >= 0.3 is 5.97 Å². The standard InChI is InChI=1S/C12H21NO4S/c1-2-17-12(14)11-4-3-7-13(8-11)18(15,16)9-10-5-6-10/h10-11H,2-9H2,1H3/t11-/m1/s1. The van der Waals surface area contributed by atoms with Crippen molar-refractivity contribution in [3.05, 3.63) is 0 Å². The van der Waals surface area contributed by atoms with Crippen LogP contribution in [-0.2, 0) is 19.6 Å². The number of carbonyl (C=O) groups excluding carboxylic acids is 1. The normalized spacial score (nSPS) is 25.9. The van der Waals surface area contributed by atoms with Gasteiger partial charge in [0, 0.05) is 13.1 Å². The van der Waals surface area contributed by atoms with Gasteiger partial charge in [0.05, 0.1) is 18.3 Å². The molecule has 104 valence electrons. The molecule has 1 aliphatic carbocycles. The van der Waals surface area contributed by atoms with Gasteiger partial charge in [-0.25, -0.2) is 12.7 Å². The SMILES string of the molecule is CCOC(=O)[C@@H]1CCCN(S(=O)(=O)CC2CC2)C1. The maximum absolute atomic E-state index is 12.1. The predicted molar refractivity (Wildman–Crippen MR) is 67.4 cm³/mol. The molecule has 0 bridgehead atoms. The lowest BCUT2D eigenvalue weighted by molar-refractivity contribution is -0.149. The van der Waals surface area contributed by atoms with Crippen LogP contribution in [-0.4, -0.2) is 44.1 Å². The minimum Gasteiger partial charge on any atom is -0.466 e. The molecule has 6 heteroatoms. The Balaban J connectivity index is 1.94. The van der Waals surface area contributed by atoms with Crippen LogP contribution >= 0.6 is 0 Å². The molecule has 0 aromatic carbocycles. The summed E-state index contributed by atoms with van der Waals surface area (Å²) in [7, 11) is -3.18. The van der Waals surface area contributed by atoms with Crippen LogP contribution in [0.4, 0.5) is 0 Å². The molecule has 0 spiro atoms. The van der Waals surface area contributed by atoms with E-state index in [0.717, 1.165) is 25.7 Å². The van der Waals surface area contributed by atoms with Crippen LogP contribution in [0.15, 0.2) is 0 Å². The summed E-state index contributed by atoms with van der Waals surface area (Å²) in [6.45, 7) is 2.96. The van der Waals surface area contributed by atoms with E-state index < -0.39 is 10.0 Å². The largest absolute Gasteiger partial charge is 0.466 e. The van der Waals surface area contributed by atoms with E-state index in [2.05, 4.69) is 0 Å². The lowest BCUT2D eigenvalue weighted by Gasteiger charge is -2.30. The topological polar surface area (TPSA) is 63.7 Å². The molecular weight excluding hydrogens is 254 g/mol. The summed E-state index contributed by atoms with van der Waals surface area (Å²) < 4.78 is 30.7. The molecule has 1 saturated heterocycles. The number of hydrogen-bond acceptors (Lipinski definition) is 4. The Labute approximate surface area is 109 Å². The van der Waals surface area contributed by atoms with Crippen molar-refractivity contribution in [2.75, 3.05) is 25.4 Å². The highest BCUT2D eigenvalue weighted by Gasteiger charge is 2.36. The van der Waals surface area contributed by atoms with E-state index in [-0.39, 0.29) is 17.6 Å². The zero-order valence-electron chi connectivity index (χ0n) is 10.8. The van der Waals surface area contributed by atoms with Crippen molar-refractivity contribution in [3.8, 4) is 0 Å². The van der Waals surface area contributed by atoms with Crippen molar-refractivity contribution in [1.29, 1.82) is 0 Å². The van der Waals surface area contributed by atoms with Crippen LogP contribution in [0.2, 0.25) is 0 Å². The molecule has 2 aliphatic rings. The molecule has 0 N–H and O–H groups in total. The highest BCUT2D eigenvalue weighted by molar-refractivity contribution is 7.89. The molecule has 1 aliphatic heterocycles. The molecule has 0 aromatic heterocycles. The minimum absolute atomic E-state index is 0.253. The van der Waals surface area contributed by atoms with Gasteiger partial charge in [0.25, 0.3) is 0 Å². The van der Waals surface area contributed by atoms with E-state index in [0.29, 0.717) is 25.6 Å². The van der Waals surface area contributed by atoms with Crippen molar-refractivity contribution < 1.29 is 17.9 Å². The number of esters is 1. The third kappa shape index (κ3) is 3.45. The first-order chi connectivity index (χ1) is 8.53. The quantitative estimate of drug-likeness (QED) is 0.702. The summed E-state index contributed by atoms with van der Waals surface area (Å²) in [5, 5.41) is 0. The fourth-order valence-corrected chi connectivity index (χ4v) is 4.29. The van der Waals surface area contributed by atoms with Crippen LogP contribution in [0.25, 0.3) is 0 Å². The lowest BCUT2D eigenvalue weighted by atomic mass is 10.0. The van der Waals surface area contributed by atoms with E-state index in [1.165, 1.54) is 4.31 Å². The molecule has 2 fully saturated rings. The van der Waals surface area contributed by atoms with E-state index in [1.807, 2.05) is 0 Å². The van der Waals surface area contributed by atoms with E-state index in [9.17, 15) is 13.2 Å². The Morgan fingerprint density at radius 2 is 2.06 bits per heavy atom. The summed E-state index contributed by atoms with van der Waals surface area (Å²) >= 11 is 0. The molecule has 0 amide bonds. The van der Waals surface area contributed by atoms with Gasteiger partial charge in [-0.15, -0.1) is 0 Å². The highest BCUT2D eigenvalue weighted by atomic mass is 32.2. The second kappa shape index (κ2) is 5.57. The predicted octanol–water partition coefficient (Wildman–Crippen LogP) is 1.00. The van der Waals surface area contributed by atoms with Crippen molar-refractivity contribution in [3.63, 3.8) is 0 Å². The van der Waals surface area contributed by atoms with E-state index >= 15 is 0 Å². The zero-order valence-corrected chi connectivity index (χ0v) is 11.6. The Morgan fingerprint density at radius 1 is 1.33 bits per heavy atom. The zero-order chi connectivity index (χ0) is 13.2. The molecule has 0 unspecified atom stereocenters. The van der Waals surface area contributed by atoms with Gasteiger partial charge in [0.1, 0.15) is 0 Å². The molecule has 1 saturated carbocycles. The first-order valence-electron chi connectivity index (χ1n) is 6.67. The Bertz CT molecular complexity index is 402. The van der Waals surface area contributed by atoms with Crippen molar-refractivity contribution >= 4 is 16.0 Å². The van der Waals surface area contributed by atoms with Crippen LogP contribution in [0.5, 0.6) is 0 Å². The molecule has 0 aromatic rings. The second-order valence-corrected chi connectivity index (χ2v) is 7.18. The smallest absolute Gasteiger partial charge is 0.310 e. The van der Waals surface area contributed by atoms with Crippen LogP contribution in [0.1, 0.15) is 32.6 Å². The van der Waals surface area contributed by atoms with E-state index in [4.69, 9.17) is 4.74 Å². The van der Waals surface area contributed by atoms with Crippen molar-refractivity contribution in [1.82, 2.24) is 4.31 Å². The molecule has 1 heterocycles. The number of rotatable bonds is 5. The monoisotopic (exact) mass is 275 g/mol. The number of sulfonamides is 1. The Hall–Kier alpha value is -0.620. The summed E-state index contributed by atoms with van der Waals surface area (Å²) in [4.78, 5) is 11.7. The van der Waals surface area contributed by atoms with Crippen LogP contribution in [0, 0.1) is 11.8 Å². The number of nitrogens with zero attached hydrogens (tertiary/aromatic N) is 1. The third-order valence-corrected chi connectivity index (χ3v) is 5.55. The van der Waals surface area contributed by atoms with Crippen molar-refractivity contribution in [2.24, 2.45) is 11.8 Å². The van der Waals surface area contributed by atoms with Gasteiger partial charge in [-0.3, -0.25) is 4.79 Å². The fraction of sp³-hybridized carbons (Fsp3) is 0.917. The fourth-order valence-electron chi connectivity index (χ4n) is 2.34. The number of hydrogen-bond donors (Lipinski definition) is 0. The third-order valence-electron chi connectivity index (χ3n) is 3.54. The van der Waals surface area contributed by atoms with Crippen molar-refractivity contribution in [2.45, 2.75) is 32.6 Å². The van der Waals surface area contributed by atoms with Gasteiger partial charge in [0.15, 0.2) is 0 Å². The maximum Gasteiger partial charge on any atom is 0.310 e. The Kier molecular flexibility index (Phi) is 4.27. The molecule has 0 radical (unpaired) electrons. The van der Waals surface area contributed by atoms with Gasteiger partial charge < -0.3 is 4.74 Å². The first kappa shape index (κ1) is 13.8. The molecular formula is C12H21NO4S. The number of piperidine rings is 1. The second-order valence-electron chi connectivity index (χ2n) is 5.17.